The molecule has 3 rings (SSSR count). The van der Waals surface area contributed by atoms with Crippen molar-refractivity contribution in [3.63, 3.8) is 0 Å². The van der Waals surface area contributed by atoms with Crippen LogP contribution in [0.5, 0.6) is 11.5 Å². The molecule has 134 valence electrons. The monoisotopic (exact) mass is 369 g/mol. The number of unbranched alkanes of at least 4 members (excludes halogenated alkanes) is 1. The minimum Gasteiger partial charge on any atom is -0.506 e. The van der Waals surface area contributed by atoms with Gasteiger partial charge < -0.3 is 15.2 Å². The first kappa shape index (κ1) is 18.1. The van der Waals surface area contributed by atoms with Crippen molar-refractivity contribution in [2.45, 2.75) is 19.8 Å². The summed E-state index contributed by atoms with van der Waals surface area (Å²) in [4.78, 5) is 12.8. The van der Waals surface area contributed by atoms with Gasteiger partial charge in [-0.1, -0.05) is 49.2 Å². The fourth-order valence-electron chi connectivity index (χ4n) is 2.64. The van der Waals surface area contributed by atoms with E-state index in [-0.39, 0.29) is 11.7 Å². The lowest BCUT2D eigenvalue weighted by Crippen LogP contribution is -2.14. The Bertz CT molecular complexity index is 940. The number of hydrogen-bond donors (Lipinski definition) is 2. The molecule has 0 aliphatic heterocycles. The van der Waals surface area contributed by atoms with Crippen molar-refractivity contribution in [2.75, 3.05) is 11.9 Å². The molecular weight excluding hydrogens is 350 g/mol. The number of nitrogens with one attached hydrogen (secondary N) is 1. The number of hydrogen-bond acceptors (Lipinski definition) is 3. The zero-order valence-corrected chi connectivity index (χ0v) is 15.2. The topological polar surface area (TPSA) is 58.6 Å². The predicted octanol–water partition coefficient (Wildman–Crippen LogP) is 5.63. The molecule has 4 nitrogen and oxygen atoms in total. The second kappa shape index (κ2) is 8.11. The Morgan fingerprint density at radius 3 is 2.54 bits per heavy atom. The lowest BCUT2D eigenvalue weighted by molar-refractivity contribution is 0.102. The van der Waals surface area contributed by atoms with Crippen molar-refractivity contribution >= 4 is 34.0 Å². The van der Waals surface area contributed by atoms with Crippen LogP contribution in [0.15, 0.2) is 54.6 Å². The number of aromatic hydroxyl groups is 1. The Kier molecular flexibility index (Phi) is 5.64. The molecule has 0 fully saturated rings. The predicted molar refractivity (Wildman–Crippen MR) is 105 cm³/mol. The van der Waals surface area contributed by atoms with Crippen LogP contribution in [0.1, 0.15) is 30.1 Å². The van der Waals surface area contributed by atoms with Crippen molar-refractivity contribution in [3.8, 4) is 11.5 Å². The van der Waals surface area contributed by atoms with E-state index >= 15 is 0 Å². The average molecular weight is 370 g/mol. The van der Waals surface area contributed by atoms with E-state index < -0.39 is 0 Å². The maximum absolute atomic E-state index is 12.8. The summed E-state index contributed by atoms with van der Waals surface area (Å²) in [5.41, 5.74) is 0.723. The van der Waals surface area contributed by atoms with E-state index in [0.717, 1.165) is 23.6 Å². The summed E-state index contributed by atoms with van der Waals surface area (Å²) < 4.78 is 5.85. The Balaban J connectivity index is 1.95. The molecule has 0 radical (unpaired) electrons. The van der Waals surface area contributed by atoms with Crippen LogP contribution in [0, 0.1) is 0 Å². The fraction of sp³-hybridized carbons (Fsp3) is 0.190. The molecule has 3 aromatic rings. The average Bonchev–Trinajstić information content (AvgIpc) is 2.63. The van der Waals surface area contributed by atoms with Crippen molar-refractivity contribution < 1.29 is 14.6 Å². The summed E-state index contributed by atoms with van der Waals surface area (Å²) in [5.74, 6) is 0.100. The third-order valence-corrected chi connectivity index (χ3v) is 4.29. The number of benzene rings is 3. The largest absolute Gasteiger partial charge is 0.506 e. The summed E-state index contributed by atoms with van der Waals surface area (Å²) in [7, 11) is 0. The third kappa shape index (κ3) is 4.09. The van der Waals surface area contributed by atoms with Gasteiger partial charge in [0.2, 0.25) is 0 Å². The SMILES string of the molecule is CCCCOc1cc2ccccc2cc1C(=O)Nc1ccc(Cl)cc1O. The lowest BCUT2D eigenvalue weighted by Gasteiger charge is -2.14. The summed E-state index contributed by atoms with van der Waals surface area (Å²) in [6, 6.07) is 16.0. The highest BCUT2D eigenvalue weighted by Gasteiger charge is 2.16. The molecular formula is C21H20ClNO3. The van der Waals surface area contributed by atoms with Gasteiger partial charge in [-0.2, -0.15) is 0 Å². The maximum atomic E-state index is 12.8. The molecule has 0 aliphatic rings. The Labute approximate surface area is 157 Å². The van der Waals surface area contributed by atoms with Gasteiger partial charge in [0.15, 0.2) is 0 Å². The molecule has 0 spiro atoms. The molecule has 0 aromatic heterocycles. The number of anilines is 1. The summed E-state index contributed by atoms with van der Waals surface area (Å²) in [6.07, 6.45) is 1.92. The van der Waals surface area contributed by atoms with Crippen LogP contribution in [-0.4, -0.2) is 17.6 Å². The Morgan fingerprint density at radius 2 is 1.85 bits per heavy atom. The Morgan fingerprint density at radius 1 is 1.12 bits per heavy atom. The van der Waals surface area contributed by atoms with Crippen molar-refractivity contribution in [1.82, 2.24) is 0 Å². The van der Waals surface area contributed by atoms with Gasteiger partial charge >= 0.3 is 0 Å². The van der Waals surface area contributed by atoms with Crippen molar-refractivity contribution in [1.29, 1.82) is 0 Å². The number of carbonyl (C=O) groups is 1. The minimum absolute atomic E-state index is 0.0832. The summed E-state index contributed by atoms with van der Waals surface area (Å²) in [6.45, 7) is 2.63. The quantitative estimate of drug-likeness (QED) is 0.437. The second-order valence-corrected chi connectivity index (χ2v) is 6.45. The Hall–Kier alpha value is -2.72. The van der Waals surface area contributed by atoms with E-state index in [1.807, 2.05) is 30.3 Å². The van der Waals surface area contributed by atoms with E-state index in [9.17, 15) is 9.90 Å². The van der Waals surface area contributed by atoms with E-state index in [4.69, 9.17) is 16.3 Å². The molecule has 0 atom stereocenters. The summed E-state index contributed by atoms with van der Waals surface area (Å²) in [5, 5.41) is 15.0. The third-order valence-electron chi connectivity index (χ3n) is 4.06. The van der Waals surface area contributed by atoms with E-state index in [1.165, 1.54) is 6.07 Å². The first-order chi connectivity index (χ1) is 12.6. The number of phenolic OH excluding ortho intramolecular Hbond substituents is 1. The number of phenols is 1. The maximum Gasteiger partial charge on any atom is 0.259 e. The first-order valence-corrected chi connectivity index (χ1v) is 8.91. The van der Waals surface area contributed by atoms with Gasteiger partial charge in [-0.25, -0.2) is 0 Å². The molecule has 0 unspecified atom stereocenters. The van der Waals surface area contributed by atoms with Gasteiger partial charge in [0.1, 0.15) is 11.5 Å². The number of rotatable bonds is 6. The molecule has 5 heteroatoms. The molecule has 3 aromatic carbocycles. The van der Waals surface area contributed by atoms with Crippen LogP contribution < -0.4 is 10.1 Å². The number of amides is 1. The molecule has 0 heterocycles. The fourth-order valence-corrected chi connectivity index (χ4v) is 2.81. The van der Waals surface area contributed by atoms with E-state index in [0.29, 0.717) is 28.6 Å². The number of fused-ring (bicyclic) bond motifs is 1. The first-order valence-electron chi connectivity index (χ1n) is 8.54. The molecule has 0 saturated carbocycles. The zero-order valence-electron chi connectivity index (χ0n) is 14.5. The number of carbonyl (C=O) groups excluding carboxylic acids is 1. The van der Waals surface area contributed by atoms with Gasteiger partial charge in [0.25, 0.3) is 5.91 Å². The van der Waals surface area contributed by atoms with Gasteiger partial charge in [0, 0.05) is 11.1 Å². The van der Waals surface area contributed by atoms with Crippen LogP contribution >= 0.6 is 11.6 Å². The lowest BCUT2D eigenvalue weighted by atomic mass is 10.0. The minimum atomic E-state index is -0.347. The van der Waals surface area contributed by atoms with Gasteiger partial charge in [-0.3, -0.25) is 4.79 Å². The van der Waals surface area contributed by atoms with Crippen molar-refractivity contribution in [3.05, 3.63) is 65.2 Å². The number of halogens is 1. The highest BCUT2D eigenvalue weighted by Crippen LogP contribution is 2.30. The molecule has 1 amide bonds. The van der Waals surface area contributed by atoms with Crippen LogP contribution in [0.3, 0.4) is 0 Å². The molecule has 2 N–H and O–H groups in total. The number of ether oxygens (including phenoxy) is 1. The molecule has 26 heavy (non-hydrogen) atoms. The smallest absolute Gasteiger partial charge is 0.259 e. The highest BCUT2D eigenvalue weighted by atomic mass is 35.5. The van der Waals surface area contributed by atoms with Gasteiger partial charge in [-0.05, 0) is 41.5 Å². The zero-order chi connectivity index (χ0) is 18.5. The van der Waals surface area contributed by atoms with Crippen LogP contribution in [0.4, 0.5) is 5.69 Å². The summed E-state index contributed by atoms with van der Waals surface area (Å²) >= 11 is 5.84. The molecule has 0 saturated heterocycles. The van der Waals surface area contributed by atoms with Crippen LogP contribution in [-0.2, 0) is 0 Å². The van der Waals surface area contributed by atoms with Crippen LogP contribution in [0.25, 0.3) is 10.8 Å². The normalized spacial score (nSPS) is 10.7. The van der Waals surface area contributed by atoms with Crippen molar-refractivity contribution in [2.24, 2.45) is 0 Å². The highest BCUT2D eigenvalue weighted by molar-refractivity contribution is 6.30. The van der Waals surface area contributed by atoms with Gasteiger partial charge in [0.05, 0.1) is 17.9 Å². The van der Waals surface area contributed by atoms with E-state index in [1.54, 1.807) is 18.2 Å². The van der Waals surface area contributed by atoms with E-state index in [2.05, 4.69) is 12.2 Å². The molecule has 0 bridgehead atoms. The van der Waals surface area contributed by atoms with Gasteiger partial charge in [-0.15, -0.1) is 0 Å². The second-order valence-electron chi connectivity index (χ2n) is 6.01. The van der Waals surface area contributed by atoms with Crippen LogP contribution in [0.2, 0.25) is 5.02 Å². The standard InChI is InChI=1S/C21H20ClNO3/c1-2-3-10-26-20-12-15-7-5-4-6-14(15)11-17(20)21(25)23-18-9-8-16(22)13-19(18)24/h4-9,11-13,24H,2-3,10H2,1H3,(H,23,25). The molecule has 0 aliphatic carbocycles.